The average molecular weight is 252 g/mol. The molecule has 1 rings (SSSR count). The van der Waals surface area contributed by atoms with Gasteiger partial charge in [-0.3, -0.25) is 0 Å². The summed E-state index contributed by atoms with van der Waals surface area (Å²) in [5, 5.41) is 0. The molecule has 0 unspecified atom stereocenters. The third kappa shape index (κ3) is 2.27. The zero-order valence-corrected chi connectivity index (χ0v) is 8.83. The molecule has 13 heavy (non-hydrogen) atoms. The largest absolute Gasteiger partial charge is 0.509 e. The highest BCUT2D eigenvalue weighted by Gasteiger charge is 2.27. The standard InChI is InChI=1S/C8H8BBrF3/c1-5-4-8(10)6(2)3-7(5)9(11,12)13/h3-4H,1-2H3/q-1. The first kappa shape index (κ1) is 10.6. The van der Waals surface area contributed by atoms with E-state index in [-0.39, 0.29) is 5.56 Å². The zero-order chi connectivity index (χ0) is 10.2. The second-order valence-electron chi connectivity index (χ2n) is 3.03. The van der Waals surface area contributed by atoms with Gasteiger partial charge < -0.3 is 12.9 Å². The Morgan fingerprint density at radius 2 is 1.62 bits per heavy atom. The Morgan fingerprint density at radius 3 is 2.08 bits per heavy atom. The SMILES string of the molecule is Cc1cc([B-](F)(F)F)c(C)cc1Br. The van der Waals surface area contributed by atoms with Crippen molar-refractivity contribution in [2.75, 3.05) is 0 Å². The predicted molar refractivity (Wildman–Crippen MR) is 52.3 cm³/mol. The molecule has 0 fully saturated rings. The van der Waals surface area contributed by atoms with Crippen molar-refractivity contribution in [3.63, 3.8) is 0 Å². The summed E-state index contributed by atoms with van der Waals surface area (Å²) < 4.78 is 37.9. The van der Waals surface area contributed by atoms with Crippen molar-refractivity contribution in [3.8, 4) is 0 Å². The summed E-state index contributed by atoms with van der Waals surface area (Å²) >= 11 is 3.19. The average Bonchev–Trinajstić information content (AvgIpc) is 1.94. The molecular weight excluding hydrogens is 244 g/mol. The van der Waals surface area contributed by atoms with Crippen LogP contribution in [-0.4, -0.2) is 6.98 Å². The van der Waals surface area contributed by atoms with Gasteiger partial charge >= 0.3 is 6.98 Å². The minimum Gasteiger partial charge on any atom is -0.445 e. The summed E-state index contributed by atoms with van der Waals surface area (Å²) in [6.07, 6.45) is 0. The molecule has 0 aromatic heterocycles. The third-order valence-electron chi connectivity index (χ3n) is 1.90. The van der Waals surface area contributed by atoms with Crippen LogP contribution in [0.1, 0.15) is 11.1 Å². The highest BCUT2D eigenvalue weighted by molar-refractivity contribution is 9.10. The molecule has 0 bridgehead atoms. The summed E-state index contributed by atoms with van der Waals surface area (Å²) in [6, 6.07) is 2.68. The molecule has 0 nitrogen and oxygen atoms in total. The molecule has 0 aliphatic rings. The van der Waals surface area contributed by atoms with Gasteiger partial charge in [0, 0.05) is 4.47 Å². The van der Waals surface area contributed by atoms with Gasteiger partial charge in [-0.2, -0.15) is 0 Å². The quantitative estimate of drug-likeness (QED) is 0.673. The lowest BCUT2D eigenvalue weighted by Crippen LogP contribution is -2.36. The monoisotopic (exact) mass is 251 g/mol. The van der Waals surface area contributed by atoms with Crippen molar-refractivity contribution in [2.24, 2.45) is 0 Å². The topological polar surface area (TPSA) is 0 Å². The number of hydrogen-bond acceptors (Lipinski definition) is 0. The predicted octanol–water partition coefficient (Wildman–Crippen LogP) is 3.12. The lowest BCUT2D eigenvalue weighted by Gasteiger charge is -2.19. The van der Waals surface area contributed by atoms with Crippen molar-refractivity contribution in [2.45, 2.75) is 13.8 Å². The minimum atomic E-state index is -4.88. The van der Waals surface area contributed by atoms with Crippen LogP contribution in [0.3, 0.4) is 0 Å². The van der Waals surface area contributed by atoms with Gasteiger partial charge in [0.2, 0.25) is 0 Å². The second-order valence-corrected chi connectivity index (χ2v) is 3.89. The van der Waals surface area contributed by atoms with E-state index in [1.165, 1.54) is 19.1 Å². The van der Waals surface area contributed by atoms with E-state index in [2.05, 4.69) is 15.9 Å². The number of halogens is 4. The van der Waals surface area contributed by atoms with Gasteiger partial charge in [-0.1, -0.05) is 27.6 Å². The van der Waals surface area contributed by atoms with Crippen LogP contribution in [0.2, 0.25) is 0 Å². The molecular formula is C8H8BBrF3-. The molecule has 1 aromatic rings. The first-order valence-corrected chi connectivity index (χ1v) is 4.58. The summed E-state index contributed by atoms with van der Waals surface area (Å²) in [7, 11) is 0. The van der Waals surface area contributed by atoms with Crippen molar-refractivity contribution >= 4 is 28.4 Å². The minimum absolute atomic E-state index is 0.268. The molecule has 0 aliphatic carbocycles. The number of aryl methyl sites for hydroxylation is 2. The maximum absolute atomic E-state index is 12.4. The Bertz CT molecular complexity index is 333. The van der Waals surface area contributed by atoms with Crippen LogP contribution < -0.4 is 5.46 Å². The van der Waals surface area contributed by atoms with Crippen LogP contribution in [-0.2, 0) is 0 Å². The van der Waals surface area contributed by atoms with E-state index in [1.54, 1.807) is 6.92 Å². The number of hydrogen-bond donors (Lipinski definition) is 0. The molecule has 0 amide bonds. The lowest BCUT2D eigenvalue weighted by atomic mass is 9.76. The van der Waals surface area contributed by atoms with Gasteiger partial charge in [0.15, 0.2) is 0 Å². The van der Waals surface area contributed by atoms with E-state index in [0.29, 0.717) is 10.0 Å². The first-order valence-electron chi connectivity index (χ1n) is 3.79. The molecule has 72 valence electrons. The van der Waals surface area contributed by atoms with Crippen LogP contribution in [0.5, 0.6) is 0 Å². The van der Waals surface area contributed by atoms with Gasteiger partial charge in [-0.15, -0.1) is 5.46 Å². The Kier molecular flexibility index (Phi) is 2.75. The molecule has 0 atom stereocenters. The molecule has 0 aliphatic heterocycles. The molecule has 0 N–H and O–H groups in total. The van der Waals surface area contributed by atoms with Crippen LogP contribution >= 0.6 is 15.9 Å². The highest BCUT2D eigenvalue weighted by Crippen LogP contribution is 2.20. The fraction of sp³-hybridized carbons (Fsp3) is 0.250. The van der Waals surface area contributed by atoms with E-state index in [4.69, 9.17) is 0 Å². The van der Waals surface area contributed by atoms with E-state index in [9.17, 15) is 12.9 Å². The Labute approximate surface area is 83.3 Å². The molecule has 5 heteroatoms. The molecule has 0 saturated heterocycles. The van der Waals surface area contributed by atoms with E-state index in [0.717, 1.165) is 0 Å². The zero-order valence-electron chi connectivity index (χ0n) is 7.24. The maximum Gasteiger partial charge on any atom is 0.509 e. The Balaban J connectivity index is 3.32. The van der Waals surface area contributed by atoms with E-state index < -0.39 is 12.4 Å². The molecule has 0 spiro atoms. The van der Waals surface area contributed by atoms with Gasteiger partial charge in [-0.25, -0.2) is 0 Å². The Morgan fingerprint density at radius 1 is 1.08 bits per heavy atom. The van der Waals surface area contributed by atoms with Crippen molar-refractivity contribution in [1.82, 2.24) is 0 Å². The van der Waals surface area contributed by atoms with E-state index >= 15 is 0 Å². The first-order chi connectivity index (χ1) is 5.82. The molecule has 1 aromatic carbocycles. The van der Waals surface area contributed by atoms with Crippen LogP contribution in [0.4, 0.5) is 12.9 Å². The van der Waals surface area contributed by atoms with Crippen LogP contribution in [0.15, 0.2) is 16.6 Å². The lowest BCUT2D eigenvalue weighted by molar-refractivity contribution is 0.500. The van der Waals surface area contributed by atoms with Crippen molar-refractivity contribution in [3.05, 3.63) is 27.7 Å². The second kappa shape index (κ2) is 3.37. The summed E-state index contributed by atoms with van der Waals surface area (Å²) in [4.78, 5) is 0. The fourth-order valence-electron chi connectivity index (χ4n) is 1.16. The summed E-state index contributed by atoms with van der Waals surface area (Å²) in [6.45, 7) is -1.77. The number of rotatable bonds is 1. The smallest absolute Gasteiger partial charge is 0.445 e. The Hall–Kier alpha value is -0.445. The summed E-state index contributed by atoms with van der Waals surface area (Å²) in [5.41, 5.74) is 0.380. The molecule has 0 heterocycles. The van der Waals surface area contributed by atoms with Gasteiger partial charge in [0.25, 0.3) is 0 Å². The van der Waals surface area contributed by atoms with Crippen LogP contribution in [0, 0.1) is 13.8 Å². The maximum atomic E-state index is 12.4. The van der Waals surface area contributed by atoms with Gasteiger partial charge in [-0.05, 0) is 25.5 Å². The third-order valence-corrected chi connectivity index (χ3v) is 2.75. The molecule has 0 saturated carbocycles. The molecule has 0 radical (unpaired) electrons. The number of benzene rings is 1. The van der Waals surface area contributed by atoms with E-state index in [1.807, 2.05) is 0 Å². The fourth-order valence-corrected chi connectivity index (χ4v) is 1.61. The normalized spacial score (nSPS) is 11.8. The summed E-state index contributed by atoms with van der Waals surface area (Å²) in [5.74, 6) is 0. The van der Waals surface area contributed by atoms with Crippen molar-refractivity contribution in [1.29, 1.82) is 0 Å². The van der Waals surface area contributed by atoms with Gasteiger partial charge in [0.05, 0.1) is 0 Å². The van der Waals surface area contributed by atoms with Crippen LogP contribution in [0.25, 0.3) is 0 Å². The van der Waals surface area contributed by atoms with Gasteiger partial charge in [0.1, 0.15) is 0 Å². The highest BCUT2D eigenvalue weighted by atomic mass is 79.9. The van der Waals surface area contributed by atoms with Crippen molar-refractivity contribution < 1.29 is 12.9 Å².